The fourth-order valence-electron chi connectivity index (χ4n) is 3.08. The fraction of sp³-hybridized carbons (Fsp3) is 0.500. The van der Waals surface area contributed by atoms with Crippen molar-refractivity contribution in [3.05, 3.63) is 24.0 Å². The average molecular weight is 256 g/mol. The summed E-state index contributed by atoms with van der Waals surface area (Å²) < 4.78 is 0. The molecule has 0 aromatic carbocycles. The van der Waals surface area contributed by atoms with Gasteiger partial charge in [-0.3, -0.25) is 4.79 Å². The summed E-state index contributed by atoms with van der Waals surface area (Å²) >= 11 is 0. The molecule has 2 fully saturated rings. The van der Waals surface area contributed by atoms with Crippen molar-refractivity contribution in [2.24, 2.45) is 5.41 Å². The van der Waals surface area contributed by atoms with Crippen LogP contribution in [0.5, 0.6) is 0 Å². The van der Waals surface area contributed by atoms with Crippen LogP contribution in [0.25, 0.3) is 0 Å². The Kier molecular flexibility index (Phi) is 2.96. The second kappa shape index (κ2) is 4.63. The van der Waals surface area contributed by atoms with Crippen molar-refractivity contribution in [2.45, 2.75) is 19.3 Å². The zero-order valence-electron chi connectivity index (χ0n) is 10.7. The second-order valence-electron chi connectivity index (χ2n) is 5.25. The van der Waals surface area contributed by atoms with E-state index in [4.69, 9.17) is 5.26 Å². The van der Waals surface area contributed by atoms with Crippen molar-refractivity contribution in [3.8, 4) is 6.07 Å². The van der Waals surface area contributed by atoms with E-state index in [1.807, 2.05) is 11.0 Å². The molecular formula is C14H16N4O. The SMILES string of the molecule is N#Cc1cc(N2CCC3(CCNCC3)C2=O)ccn1. The van der Waals surface area contributed by atoms with Crippen molar-refractivity contribution in [1.82, 2.24) is 10.3 Å². The molecule has 0 saturated carbocycles. The summed E-state index contributed by atoms with van der Waals surface area (Å²) in [6.45, 7) is 2.58. The minimum absolute atomic E-state index is 0.179. The van der Waals surface area contributed by atoms with E-state index >= 15 is 0 Å². The Hall–Kier alpha value is -1.93. The molecule has 5 nitrogen and oxygen atoms in total. The number of pyridine rings is 1. The highest BCUT2D eigenvalue weighted by atomic mass is 16.2. The Bertz CT molecular complexity index is 543. The van der Waals surface area contributed by atoms with Crippen LogP contribution in [-0.2, 0) is 4.79 Å². The number of carbonyl (C=O) groups excluding carboxylic acids is 1. The number of anilines is 1. The molecule has 3 heterocycles. The van der Waals surface area contributed by atoms with E-state index in [2.05, 4.69) is 10.3 Å². The number of piperidine rings is 1. The number of hydrogen-bond acceptors (Lipinski definition) is 4. The molecule has 98 valence electrons. The van der Waals surface area contributed by atoms with E-state index in [1.165, 1.54) is 0 Å². The van der Waals surface area contributed by atoms with E-state index in [9.17, 15) is 4.79 Å². The van der Waals surface area contributed by atoms with E-state index in [-0.39, 0.29) is 11.3 Å². The summed E-state index contributed by atoms with van der Waals surface area (Å²) in [5.41, 5.74) is 0.977. The molecule has 1 spiro atoms. The van der Waals surface area contributed by atoms with Gasteiger partial charge in [-0.15, -0.1) is 0 Å². The van der Waals surface area contributed by atoms with Crippen LogP contribution in [0.3, 0.4) is 0 Å². The molecule has 1 amide bonds. The van der Waals surface area contributed by atoms with Crippen molar-refractivity contribution in [1.29, 1.82) is 5.26 Å². The average Bonchev–Trinajstić information content (AvgIpc) is 2.77. The van der Waals surface area contributed by atoms with Gasteiger partial charge < -0.3 is 10.2 Å². The highest BCUT2D eigenvalue weighted by molar-refractivity contribution is 6.00. The molecule has 2 saturated heterocycles. The van der Waals surface area contributed by atoms with E-state index in [0.29, 0.717) is 5.69 Å². The van der Waals surface area contributed by atoms with Gasteiger partial charge in [0.05, 0.1) is 5.41 Å². The number of aromatic nitrogens is 1. The number of hydrogen-bond donors (Lipinski definition) is 1. The minimum Gasteiger partial charge on any atom is -0.317 e. The van der Waals surface area contributed by atoms with E-state index < -0.39 is 0 Å². The summed E-state index contributed by atoms with van der Waals surface area (Å²) in [6.07, 6.45) is 4.34. The third-order valence-corrected chi connectivity index (χ3v) is 4.24. The molecule has 0 unspecified atom stereocenters. The Morgan fingerprint density at radius 1 is 1.37 bits per heavy atom. The summed E-state index contributed by atoms with van der Waals surface area (Å²) in [5, 5.41) is 12.2. The van der Waals surface area contributed by atoms with Crippen LogP contribution in [-0.4, -0.2) is 30.5 Å². The largest absolute Gasteiger partial charge is 0.317 e. The Morgan fingerprint density at radius 2 is 2.16 bits per heavy atom. The predicted molar refractivity (Wildman–Crippen MR) is 70.5 cm³/mol. The highest BCUT2D eigenvalue weighted by Gasteiger charge is 2.47. The first-order valence-corrected chi connectivity index (χ1v) is 6.64. The third-order valence-electron chi connectivity index (χ3n) is 4.24. The first kappa shape index (κ1) is 12.1. The molecule has 5 heteroatoms. The van der Waals surface area contributed by atoms with Gasteiger partial charge in [-0.05, 0) is 44.5 Å². The van der Waals surface area contributed by atoms with Crippen LogP contribution in [0.2, 0.25) is 0 Å². The molecule has 3 rings (SSSR count). The van der Waals surface area contributed by atoms with Gasteiger partial charge in [0.25, 0.3) is 0 Å². The Balaban J connectivity index is 1.87. The van der Waals surface area contributed by atoms with Crippen LogP contribution >= 0.6 is 0 Å². The van der Waals surface area contributed by atoms with Gasteiger partial charge in [-0.1, -0.05) is 0 Å². The van der Waals surface area contributed by atoms with Gasteiger partial charge in [0.2, 0.25) is 5.91 Å². The van der Waals surface area contributed by atoms with E-state index in [1.54, 1.807) is 18.3 Å². The number of amides is 1. The van der Waals surface area contributed by atoms with Crippen molar-refractivity contribution in [2.75, 3.05) is 24.5 Å². The van der Waals surface area contributed by atoms with Gasteiger partial charge in [0.15, 0.2) is 0 Å². The zero-order valence-corrected chi connectivity index (χ0v) is 10.7. The fourth-order valence-corrected chi connectivity index (χ4v) is 3.08. The normalized spacial score (nSPS) is 21.6. The lowest BCUT2D eigenvalue weighted by atomic mass is 9.78. The van der Waals surface area contributed by atoms with Gasteiger partial charge >= 0.3 is 0 Å². The number of carbonyl (C=O) groups is 1. The van der Waals surface area contributed by atoms with Crippen molar-refractivity contribution < 1.29 is 4.79 Å². The van der Waals surface area contributed by atoms with Crippen LogP contribution in [0.4, 0.5) is 5.69 Å². The van der Waals surface area contributed by atoms with Crippen LogP contribution in [0.1, 0.15) is 25.0 Å². The molecule has 0 aliphatic carbocycles. The van der Waals surface area contributed by atoms with Crippen molar-refractivity contribution >= 4 is 11.6 Å². The maximum absolute atomic E-state index is 12.7. The number of nitrogens with zero attached hydrogens (tertiary/aromatic N) is 3. The van der Waals surface area contributed by atoms with Gasteiger partial charge in [-0.25, -0.2) is 4.98 Å². The maximum atomic E-state index is 12.7. The summed E-state index contributed by atoms with van der Waals surface area (Å²) in [6, 6.07) is 5.51. The quantitative estimate of drug-likeness (QED) is 0.815. The summed E-state index contributed by atoms with van der Waals surface area (Å²) in [7, 11) is 0. The zero-order chi connectivity index (χ0) is 13.3. The predicted octanol–water partition coefficient (Wildman–Crippen LogP) is 1.06. The number of nitrogens with one attached hydrogen (secondary N) is 1. The van der Waals surface area contributed by atoms with Gasteiger partial charge in [0, 0.05) is 18.4 Å². The second-order valence-corrected chi connectivity index (χ2v) is 5.25. The van der Waals surface area contributed by atoms with Crippen molar-refractivity contribution in [3.63, 3.8) is 0 Å². The smallest absolute Gasteiger partial charge is 0.233 e. The standard InChI is InChI=1S/C14H16N4O/c15-10-11-9-12(1-5-17-11)18-8-4-14(13(18)19)2-6-16-7-3-14/h1,5,9,16H,2-4,6-8H2. The van der Waals surface area contributed by atoms with Gasteiger partial charge in [-0.2, -0.15) is 5.26 Å². The minimum atomic E-state index is -0.179. The monoisotopic (exact) mass is 256 g/mol. The molecular weight excluding hydrogens is 240 g/mol. The van der Waals surface area contributed by atoms with Gasteiger partial charge in [0.1, 0.15) is 11.8 Å². The number of rotatable bonds is 1. The first-order valence-electron chi connectivity index (χ1n) is 6.64. The lowest BCUT2D eigenvalue weighted by Crippen LogP contribution is -2.42. The Morgan fingerprint density at radius 3 is 2.89 bits per heavy atom. The first-order chi connectivity index (χ1) is 9.25. The lowest BCUT2D eigenvalue weighted by molar-refractivity contribution is -0.126. The molecule has 1 aromatic rings. The number of nitriles is 1. The molecule has 1 aromatic heterocycles. The van der Waals surface area contributed by atoms with E-state index in [0.717, 1.165) is 44.6 Å². The summed E-state index contributed by atoms with van der Waals surface area (Å²) in [4.78, 5) is 18.4. The topological polar surface area (TPSA) is 69.0 Å². The molecule has 1 N–H and O–H groups in total. The molecule has 2 aliphatic rings. The highest BCUT2D eigenvalue weighted by Crippen LogP contribution is 2.41. The maximum Gasteiger partial charge on any atom is 0.233 e. The lowest BCUT2D eigenvalue weighted by Gasteiger charge is -2.32. The van der Waals surface area contributed by atoms with Crippen LogP contribution in [0.15, 0.2) is 18.3 Å². The van der Waals surface area contributed by atoms with Crippen LogP contribution < -0.4 is 10.2 Å². The molecule has 0 atom stereocenters. The Labute approximate surface area is 112 Å². The molecule has 0 radical (unpaired) electrons. The van der Waals surface area contributed by atoms with Crippen LogP contribution in [0, 0.1) is 16.7 Å². The third kappa shape index (κ3) is 1.98. The summed E-state index contributed by atoms with van der Waals surface area (Å²) in [5.74, 6) is 0.212. The molecule has 2 aliphatic heterocycles. The molecule has 0 bridgehead atoms. The molecule has 19 heavy (non-hydrogen) atoms.